The predicted molar refractivity (Wildman–Crippen MR) is 46.0 cm³/mol. The Morgan fingerprint density at radius 1 is 1.21 bits per heavy atom. The van der Waals surface area contributed by atoms with Crippen molar-refractivity contribution in [1.82, 2.24) is 0 Å². The SMILES string of the molecule is CC(=O)OCOC(=O)CC(N)C(C)=O. The zero-order chi connectivity index (χ0) is 11.1. The third kappa shape index (κ3) is 6.13. The summed E-state index contributed by atoms with van der Waals surface area (Å²) in [4.78, 5) is 31.8. The van der Waals surface area contributed by atoms with E-state index < -0.39 is 24.8 Å². The normalized spacial score (nSPS) is 11.6. The Morgan fingerprint density at radius 2 is 1.79 bits per heavy atom. The molecule has 0 rings (SSSR count). The van der Waals surface area contributed by atoms with Crippen LogP contribution in [0.15, 0.2) is 0 Å². The topological polar surface area (TPSA) is 95.7 Å². The molecule has 0 fully saturated rings. The predicted octanol–water partition coefficient (Wildman–Crippen LogP) is -0.643. The smallest absolute Gasteiger partial charge is 0.310 e. The highest BCUT2D eigenvalue weighted by Gasteiger charge is 2.14. The zero-order valence-electron chi connectivity index (χ0n) is 8.11. The molecule has 0 radical (unpaired) electrons. The van der Waals surface area contributed by atoms with Gasteiger partial charge in [-0.25, -0.2) is 0 Å². The first-order valence-electron chi connectivity index (χ1n) is 3.98. The number of Topliss-reactive ketones (excluding diaryl/α,β-unsaturated/α-hetero) is 1. The Balaban J connectivity index is 3.65. The molecule has 0 heterocycles. The average molecular weight is 203 g/mol. The number of ether oxygens (including phenoxy) is 2. The van der Waals surface area contributed by atoms with Crippen LogP contribution in [0.1, 0.15) is 20.3 Å². The second-order valence-corrected chi connectivity index (χ2v) is 2.69. The summed E-state index contributed by atoms with van der Waals surface area (Å²) in [5.74, 6) is -1.52. The molecular formula is C8H13NO5. The van der Waals surface area contributed by atoms with Gasteiger partial charge in [0.15, 0.2) is 0 Å². The molecule has 6 heteroatoms. The summed E-state index contributed by atoms with van der Waals surface area (Å²) in [6.45, 7) is 2.03. The van der Waals surface area contributed by atoms with E-state index in [9.17, 15) is 14.4 Å². The van der Waals surface area contributed by atoms with Crippen molar-refractivity contribution >= 4 is 17.7 Å². The van der Waals surface area contributed by atoms with E-state index in [1.54, 1.807) is 0 Å². The van der Waals surface area contributed by atoms with Crippen molar-refractivity contribution in [3.8, 4) is 0 Å². The minimum absolute atomic E-state index is 0.212. The summed E-state index contributed by atoms with van der Waals surface area (Å²) >= 11 is 0. The van der Waals surface area contributed by atoms with E-state index in [0.29, 0.717) is 0 Å². The number of carbonyl (C=O) groups excluding carboxylic acids is 3. The van der Waals surface area contributed by atoms with E-state index in [0.717, 1.165) is 0 Å². The highest BCUT2D eigenvalue weighted by molar-refractivity contribution is 5.86. The van der Waals surface area contributed by atoms with Gasteiger partial charge in [-0.15, -0.1) is 0 Å². The molecule has 0 aromatic heterocycles. The summed E-state index contributed by atoms with van der Waals surface area (Å²) in [7, 11) is 0. The Hall–Kier alpha value is -1.43. The maximum absolute atomic E-state index is 10.9. The van der Waals surface area contributed by atoms with Crippen molar-refractivity contribution in [2.75, 3.05) is 6.79 Å². The Morgan fingerprint density at radius 3 is 2.21 bits per heavy atom. The summed E-state index contributed by atoms with van der Waals surface area (Å²) in [6.07, 6.45) is -0.212. The largest absolute Gasteiger partial charge is 0.428 e. The molecule has 0 spiro atoms. The van der Waals surface area contributed by atoms with Crippen LogP contribution in [0, 0.1) is 0 Å². The molecule has 14 heavy (non-hydrogen) atoms. The maximum Gasteiger partial charge on any atom is 0.310 e. The van der Waals surface area contributed by atoms with Gasteiger partial charge in [-0.1, -0.05) is 0 Å². The van der Waals surface area contributed by atoms with Gasteiger partial charge in [-0.05, 0) is 6.92 Å². The summed E-state index contributed by atoms with van der Waals surface area (Å²) in [6, 6.07) is -0.861. The molecule has 0 bridgehead atoms. The summed E-state index contributed by atoms with van der Waals surface area (Å²) in [5, 5.41) is 0. The fraction of sp³-hybridized carbons (Fsp3) is 0.625. The maximum atomic E-state index is 10.9. The third-order valence-electron chi connectivity index (χ3n) is 1.39. The lowest BCUT2D eigenvalue weighted by atomic mass is 10.1. The lowest BCUT2D eigenvalue weighted by molar-refractivity contribution is -0.166. The number of ketones is 1. The lowest BCUT2D eigenvalue weighted by Gasteiger charge is -2.07. The lowest BCUT2D eigenvalue weighted by Crippen LogP contribution is -2.31. The fourth-order valence-corrected chi connectivity index (χ4v) is 0.560. The van der Waals surface area contributed by atoms with E-state index in [1.165, 1.54) is 13.8 Å². The number of hydrogen-bond donors (Lipinski definition) is 1. The molecule has 0 aliphatic carbocycles. The molecule has 1 unspecified atom stereocenters. The van der Waals surface area contributed by atoms with Crippen LogP contribution in [0.4, 0.5) is 0 Å². The second-order valence-electron chi connectivity index (χ2n) is 2.69. The Bertz CT molecular complexity index is 238. The molecular weight excluding hydrogens is 190 g/mol. The zero-order valence-corrected chi connectivity index (χ0v) is 8.11. The molecule has 0 aliphatic heterocycles. The monoisotopic (exact) mass is 203 g/mol. The van der Waals surface area contributed by atoms with E-state index in [-0.39, 0.29) is 12.2 Å². The van der Waals surface area contributed by atoms with Gasteiger partial charge < -0.3 is 15.2 Å². The van der Waals surface area contributed by atoms with Crippen molar-refractivity contribution in [1.29, 1.82) is 0 Å². The quantitative estimate of drug-likeness (QED) is 0.471. The molecule has 2 N–H and O–H groups in total. The highest BCUT2D eigenvalue weighted by Crippen LogP contribution is 1.93. The Kier molecular flexibility index (Phi) is 5.47. The first kappa shape index (κ1) is 12.6. The van der Waals surface area contributed by atoms with Crippen molar-refractivity contribution in [2.24, 2.45) is 5.73 Å². The van der Waals surface area contributed by atoms with Gasteiger partial charge in [0.25, 0.3) is 0 Å². The summed E-state index contributed by atoms with van der Waals surface area (Å²) in [5.41, 5.74) is 5.29. The van der Waals surface area contributed by atoms with Gasteiger partial charge in [-0.3, -0.25) is 14.4 Å². The van der Waals surface area contributed by atoms with Crippen LogP contribution in [-0.2, 0) is 23.9 Å². The molecule has 0 amide bonds. The van der Waals surface area contributed by atoms with Crippen LogP contribution in [0.2, 0.25) is 0 Å². The van der Waals surface area contributed by atoms with Crippen LogP contribution in [-0.4, -0.2) is 30.6 Å². The van der Waals surface area contributed by atoms with E-state index in [1.807, 2.05) is 0 Å². The van der Waals surface area contributed by atoms with Gasteiger partial charge in [0, 0.05) is 6.92 Å². The number of nitrogens with two attached hydrogens (primary N) is 1. The van der Waals surface area contributed by atoms with Gasteiger partial charge >= 0.3 is 11.9 Å². The van der Waals surface area contributed by atoms with Gasteiger partial charge in [0.2, 0.25) is 6.79 Å². The molecule has 0 saturated carbocycles. The number of hydrogen-bond acceptors (Lipinski definition) is 6. The molecule has 1 atom stereocenters. The number of rotatable bonds is 5. The molecule has 80 valence electrons. The highest BCUT2D eigenvalue weighted by atomic mass is 16.7. The molecule has 6 nitrogen and oxygen atoms in total. The average Bonchev–Trinajstić information content (AvgIpc) is 2.02. The first-order valence-corrected chi connectivity index (χ1v) is 3.98. The van der Waals surface area contributed by atoms with Crippen LogP contribution < -0.4 is 5.73 Å². The van der Waals surface area contributed by atoms with E-state index in [4.69, 9.17) is 5.73 Å². The molecule has 0 aromatic carbocycles. The fourth-order valence-electron chi connectivity index (χ4n) is 0.560. The van der Waals surface area contributed by atoms with Gasteiger partial charge in [-0.2, -0.15) is 0 Å². The van der Waals surface area contributed by atoms with Crippen molar-refractivity contribution in [3.05, 3.63) is 0 Å². The van der Waals surface area contributed by atoms with Crippen molar-refractivity contribution in [3.63, 3.8) is 0 Å². The third-order valence-corrected chi connectivity index (χ3v) is 1.39. The van der Waals surface area contributed by atoms with Crippen LogP contribution in [0.25, 0.3) is 0 Å². The summed E-state index contributed by atoms with van der Waals surface area (Å²) < 4.78 is 8.81. The van der Waals surface area contributed by atoms with Crippen LogP contribution >= 0.6 is 0 Å². The van der Waals surface area contributed by atoms with Crippen LogP contribution in [0.3, 0.4) is 0 Å². The molecule has 0 saturated heterocycles. The standard InChI is InChI=1S/C8H13NO5/c1-5(10)7(9)3-8(12)14-4-13-6(2)11/h7H,3-4,9H2,1-2H3. The first-order chi connectivity index (χ1) is 6.43. The van der Waals surface area contributed by atoms with Crippen molar-refractivity contribution < 1.29 is 23.9 Å². The van der Waals surface area contributed by atoms with Crippen molar-refractivity contribution in [2.45, 2.75) is 26.3 Å². The van der Waals surface area contributed by atoms with Gasteiger partial charge in [0.05, 0.1) is 12.5 Å². The van der Waals surface area contributed by atoms with Gasteiger partial charge in [0.1, 0.15) is 5.78 Å². The van der Waals surface area contributed by atoms with E-state index >= 15 is 0 Å². The molecule has 0 aromatic rings. The molecule has 0 aliphatic rings. The second kappa shape index (κ2) is 6.09. The number of esters is 2. The Labute approximate surface area is 81.3 Å². The van der Waals surface area contributed by atoms with E-state index in [2.05, 4.69) is 9.47 Å². The minimum atomic E-state index is -0.861. The minimum Gasteiger partial charge on any atom is -0.428 e. The number of carbonyl (C=O) groups is 3. The van der Waals surface area contributed by atoms with Crippen LogP contribution in [0.5, 0.6) is 0 Å².